The summed E-state index contributed by atoms with van der Waals surface area (Å²) in [6, 6.07) is 12.0. The van der Waals surface area contributed by atoms with Crippen LogP contribution in [0.2, 0.25) is 0 Å². The molecule has 0 bridgehead atoms. The number of hydrogen-bond acceptors (Lipinski definition) is 4. The number of anilines is 1. The van der Waals surface area contributed by atoms with Gasteiger partial charge in [0.05, 0.1) is 17.9 Å². The van der Waals surface area contributed by atoms with Gasteiger partial charge in [0.1, 0.15) is 5.75 Å². The quantitative estimate of drug-likeness (QED) is 0.871. The molecule has 0 fully saturated rings. The van der Waals surface area contributed by atoms with E-state index in [1.807, 2.05) is 32.0 Å². The lowest BCUT2D eigenvalue weighted by molar-refractivity contribution is -0.116. The van der Waals surface area contributed by atoms with Gasteiger partial charge in [-0.3, -0.25) is 4.79 Å². The minimum atomic E-state index is -3.23. The Morgan fingerprint density at radius 2 is 1.75 bits per heavy atom. The average molecular weight is 347 g/mol. The van der Waals surface area contributed by atoms with E-state index in [9.17, 15) is 13.2 Å². The van der Waals surface area contributed by atoms with E-state index in [4.69, 9.17) is 4.74 Å². The Labute approximate surface area is 142 Å². The molecular formula is C18H21NO4S. The summed E-state index contributed by atoms with van der Waals surface area (Å²) in [5.74, 6) is 0.581. The van der Waals surface area contributed by atoms with Gasteiger partial charge in [-0.2, -0.15) is 0 Å². The van der Waals surface area contributed by atoms with Crippen LogP contribution in [0.4, 0.5) is 5.69 Å². The Bertz CT molecular complexity index is 827. The maximum absolute atomic E-state index is 11.9. The summed E-state index contributed by atoms with van der Waals surface area (Å²) >= 11 is 0. The number of amides is 1. The number of carbonyl (C=O) groups excluding carboxylic acids is 1. The molecule has 0 aliphatic heterocycles. The molecule has 0 atom stereocenters. The molecule has 0 radical (unpaired) electrons. The van der Waals surface area contributed by atoms with Crippen LogP contribution in [0.15, 0.2) is 47.4 Å². The van der Waals surface area contributed by atoms with E-state index in [2.05, 4.69) is 5.32 Å². The molecule has 24 heavy (non-hydrogen) atoms. The third-order valence-corrected chi connectivity index (χ3v) is 4.61. The van der Waals surface area contributed by atoms with Crippen LogP contribution >= 0.6 is 0 Å². The van der Waals surface area contributed by atoms with Crippen molar-refractivity contribution in [1.82, 2.24) is 0 Å². The van der Waals surface area contributed by atoms with Crippen molar-refractivity contribution in [2.45, 2.75) is 25.2 Å². The van der Waals surface area contributed by atoms with Crippen LogP contribution in [-0.2, 0) is 14.6 Å². The molecule has 0 spiro atoms. The highest BCUT2D eigenvalue weighted by Crippen LogP contribution is 2.19. The molecule has 0 aliphatic carbocycles. The van der Waals surface area contributed by atoms with E-state index in [0.717, 1.165) is 23.1 Å². The van der Waals surface area contributed by atoms with Crippen LogP contribution in [0.3, 0.4) is 0 Å². The van der Waals surface area contributed by atoms with Gasteiger partial charge in [0.2, 0.25) is 5.91 Å². The molecular weight excluding hydrogens is 326 g/mol. The fourth-order valence-corrected chi connectivity index (χ4v) is 2.85. The van der Waals surface area contributed by atoms with Crippen LogP contribution in [0.25, 0.3) is 0 Å². The highest BCUT2D eigenvalue weighted by molar-refractivity contribution is 7.90. The Hall–Kier alpha value is -2.34. The van der Waals surface area contributed by atoms with E-state index in [1.54, 1.807) is 12.1 Å². The van der Waals surface area contributed by atoms with Crippen LogP contribution in [0.1, 0.15) is 17.5 Å². The van der Waals surface area contributed by atoms with Crippen molar-refractivity contribution in [3.05, 3.63) is 53.6 Å². The average Bonchev–Trinajstić information content (AvgIpc) is 2.49. The largest absolute Gasteiger partial charge is 0.493 e. The maximum atomic E-state index is 11.9. The van der Waals surface area contributed by atoms with E-state index in [1.165, 1.54) is 12.1 Å². The Kier molecular flexibility index (Phi) is 5.62. The summed E-state index contributed by atoms with van der Waals surface area (Å²) in [6.45, 7) is 4.25. The lowest BCUT2D eigenvalue weighted by Gasteiger charge is -2.10. The summed E-state index contributed by atoms with van der Waals surface area (Å²) in [4.78, 5) is 12.1. The Morgan fingerprint density at radius 3 is 2.33 bits per heavy atom. The number of hydrogen-bond donors (Lipinski definition) is 1. The summed E-state index contributed by atoms with van der Waals surface area (Å²) in [5.41, 5.74) is 2.75. The summed E-state index contributed by atoms with van der Waals surface area (Å²) in [7, 11) is -3.23. The van der Waals surface area contributed by atoms with Crippen molar-refractivity contribution >= 4 is 21.4 Å². The number of benzene rings is 2. The third kappa shape index (κ3) is 5.09. The fraction of sp³-hybridized carbons (Fsp3) is 0.278. The van der Waals surface area contributed by atoms with Gasteiger partial charge in [0, 0.05) is 11.9 Å². The summed E-state index contributed by atoms with van der Waals surface area (Å²) in [6.07, 6.45) is 1.35. The standard InChI is InChI=1S/C18H21NO4S/c1-13-4-9-17(14(2)12-13)23-11-10-18(20)19-15-5-7-16(8-6-15)24(3,21)22/h4-9,12H,10-11H2,1-3H3,(H,19,20). The van der Waals surface area contributed by atoms with E-state index in [-0.39, 0.29) is 23.8 Å². The van der Waals surface area contributed by atoms with Gasteiger partial charge in [-0.05, 0) is 49.7 Å². The normalized spacial score (nSPS) is 11.1. The first-order chi connectivity index (χ1) is 11.3. The molecule has 0 aromatic heterocycles. The van der Waals surface area contributed by atoms with Crippen LogP contribution < -0.4 is 10.1 Å². The van der Waals surface area contributed by atoms with Gasteiger partial charge in [-0.15, -0.1) is 0 Å². The van der Waals surface area contributed by atoms with Crippen LogP contribution in [0, 0.1) is 13.8 Å². The van der Waals surface area contributed by atoms with Crippen LogP contribution in [-0.4, -0.2) is 27.2 Å². The molecule has 0 heterocycles. The van der Waals surface area contributed by atoms with Crippen LogP contribution in [0.5, 0.6) is 5.75 Å². The summed E-state index contributed by atoms with van der Waals surface area (Å²) < 4.78 is 28.4. The highest BCUT2D eigenvalue weighted by atomic mass is 32.2. The second-order valence-corrected chi connectivity index (χ2v) is 7.73. The first kappa shape index (κ1) is 18.0. The molecule has 0 saturated heterocycles. The minimum Gasteiger partial charge on any atom is -0.493 e. The zero-order valence-electron chi connectivity index (χ0n) is 14.0. The summed E-state index contributed by atoms with van der Waals surface area (Å²) in [5, 5.41) is 2.72. The zero-order valence-corrected chi connectivity index (χ0v) is 14.8. The van der Waals surface area contributed by atoms with Gasteiger partial charge in [-0.1, -0.05) is 17.7 Å². The van der Waals surface area contributed by atoms with Crippen molar-refractivity contribution in [3.8, 4) is 5.75 Å². The van der Waals surface area contributed by atoms with E-state index < -0.39 is 9.84 Å². The third-order valence-electron chi connectivity index (χ3n) is 3.48. The van der Waals surface area contributed by atoms with Crippen molar-refractivity contribution < 1.29 is 17.9 Å². The molecule has 0 unspecified atom stereocenters. The Morgan fingerprint density at radius 1 is 1.08 bits per heavy atom. The van der Waals surface area contributed by atoms with Gasteiger partial charge in [0.25, 0.3) is 0 Å². The molecule has 6 heteroatoms. The number of nitrogens with one attached hydrogen (secondary N) is 1. The number of ether oxygens (including phenoxy) is 1. The Balaban J connectivity index is 1.85. The highest BCUT2D eigenvalue weighted by Gasteiger charge is 2.08. The lowest BCUT2D eigenvalue weighted by atomic mass is 10.1. The molecule has 5 nitrogen and oxygen atoms in total. The van der Waals surface area contributed by atoms with Gasteiger partial charge in [0.15, 0.2) is 9.84 Å². The lowest BCUT2D eigenvalue weighted by Crippen LogP contribution is -2.15. The molecule has 128 valence electrons. The van der Waals surface area contributed by atoms with Gasteiger partial charge in [-0.25, -0.2) is 8.42 Å². The molecule has 1 N–H and O–H groups in total. The predicted octanol–water partition coefficient (Wildman–Crippen LogP) is 3.11. The van der Waals surface area contributed by atoms with Crippen molar-refractivity contribution in [1.29, 1.82) is 0 Å². The molecule has 2 aromatic rings. The van der Waals surface area contributed by atoms with Gasteiger partial charge >= 0.3 is 0 Å². The topological polar surface area (TPSA) is 72.5 Å². The number of rotatable bonds is 6. The maximum Gasteiger partial charge on any atom is 0.227 e. The second-order valence-electron chi connectivity index (χ2n) is 5.71. The number of aryl methyl sites for hydroxylation is 2. The second kappa shape index (κ2) is 7.49. The first-order valence-corrected chi connectivity index (χ1v) is 9.45. The smallest absolute Gasteiger partial charge is 0.227 e. The van der Waals surface area contributed by atoms with Crippen molar-refractivity contribution in [3.63, 3.8) is 0 Å². The first-order valence-electron chi connectivity index (χ1n) is 7.56. The molecule has 0 saturated carbocycles. The zero-order chi connectivity index (χ0) is 17.7. The molecule has 1 amide bonds. The molecule has 0 aliphatic rings. The van der Waals surface area contributed by atoms with Crippen molar-refractivity contribution in [2.24, 2.45) is 0 Å². The molecule has 2 rings (SSSR count). The SMILES string of the molecule is Cc1ccc(OCCC(=O)Nc2ccc(S(C)(=O)=O)cc2)c(C)c1. The number of sulfone groups is 1. The molecule has 2 aromatic carbocycles. The van der Waals surface area contributed by atoms with Crippen molar-refractivity contribution in [2.75, 3.05) is 18.2 Å². The van der Waals surface area contributed by atoms with E-state index >= 15 is 0 Å². The predicted molar refractivity (Wildman–Crippen MR) is 94.2 cm³/mol. The minimum absolute atomic E-state index is 0.188. The van der Waals surface area contributed by atoms with Gasteiger partial charge < -0.3 is 10.1 Å². The van der Waals surface area contributed by atoms with E-state index in [0.29, 0.717) is 5.69 Å². The monoisotopic (exact) mass is 347 g/mol. The number of carbonyl (C=O) groups is 1. The fourth-order valence-electron chi connectivity index (χ4n) is 2.22.